The van der Waals surface area contributed by atoms with E-state index in [0.29, 0.717) is 4.47 Å². The minimum Gasteiger partial charge on any atom is -0.166 e. The van der Waals surface area contributed by atoms with Gasteiger partial charge in [-0.25, -0.2) is 0 Å². The second kappa shape index (κ2) is 5.27. The van der Waals surface area contributed by atoms with Crippen LogP contribution in [0.15, 0.2) is 28.7 Å². The van der Waals surface area contributed by atoms with Crippen molar-refractivity contribution in [3.63, 3.8) is 0 Å². The van der Waals surface area contributed by atoms with Gasteiger partial charge in [0.15, 0.2) is 0 Å². The number of rotatable bonds is 0. The molecule has 0 N–H and O–H groups in total. The Morgan fingerprint density at radius 3 is 1.69 bits per heavy atom. The van der Waals surface area contributed by atoms with Crippen molar-refractivity contribution in [1.82, 2.24) is 0 Å². The van der Waals surface area contributed by atoms with Crippen LogP contribution in [0.3, 0.4) is 0 Å². The molecule has 0 aliphatic heterocycles. The maximum absolute atomic E-state index is 11.9. The fourth-order valence-electron chi connectivity index (χ4n) is 0.639. The third kappa shape index (κ3) is 4.31. The lowest BCUT2D eigenvalue weighted by Crippen LogP contribution is -2.03. The van der Waals surface area contributed by atoms with E-state index in [1.54, 1.807) is 0 Å². The normalized spacial score (nSPS) is 10.3. The van der Waals surface area contributed by atoms with Crippen LogP contribution in [0.25, 0.3) is 0 Å². The summed E-state index contributed by atoms with van der Waals surface area (Å²) in [5, 5.41) is 0. The third-order valence-electron chi connectivity index (χ3n) is 1.17. The average molecular weight is 255 g/mol. The van der Waals surface area contributed by atoms with Crippen LogP contribution in [-0.4, -0.2) is 0 Å². The van der Waals surface area contributed by atoms with Gasteiger partial charge in [0.1, 0.15) is 0 Å². The predicted molar refractivity (Wildman–Crippen MR) is 50.5 cm³/mol. The minimum atomic E-state index is -4.24. The van der Waals surface area contributed by atoms with E-state index in [4.69, 9.17) is 0 Å². The van der Waals surface area contributed by atoms with Gasteiger partial charge in [0.25, 0.3) is 0 Å². The maximum atomic E-state index is 11.9. The second-order valence-electron chi connectivity index (χ2n) is 2.00. The Labute approximate surface area is 83.9 Å². The molecule has 0 atom stereocenters. The molecule has 74 valence electrons. The molecule has 1 aromatic carbocycles. The van der Waals surface area contributed by atoms with Gasteiger partial charge >= 0.3 is 6.18 Å². The highest BCUT2D eigenvalue weighted by Gasteiger charge is 2.29. The first-order chi connectivity index (χ1) is 6.00. The molecule has 13 heavy (non-hydrogen) atoms. The summed E-state index contributed by atoms with van der Waals surface area (Å²) < 4.78 is 36.4. The highest BCUT2D eigenvalue weighted by molar-refractivity contribution is 9.10. The maximum Gasteiger partial charge on any atom is 0.416 e. The third-order valence-corrected chi connectivity index (χ3v) is 1.70. The summed E-state index contributed by atoms with van der Waals surface area (Å²) in [5.74, 6) is 0. The Balaban J connectivity index is 0.000000671. The van der Waals surface area contributed by atoms with Crippen molar-refractivity contribution in [3.05, 3.63) is 34.3 Å². The van der Waals surface area contributed by atoms with Crippen LogP contribution in [0.4, 0.5) is 13.2 Å². The molecule has 0 saturated heterocycles. The van der Waals surface area contributed by atoms with Crippen molar-refractivity contribution in [2.75, 3.05) is 0 Å². The molecular weight excluding hydrogens is 245 g/mol. The number of hydrogen-bond donors (Lipinski definition) is 0. The van der Waals surface area contributed by atoms with E-state index < -0.39 is 11.7 Å². The molecular formula is C9H10BrF3. The van der Waals surface area contributed by atoms with E-state index in [2.05, 4.69) is 15.9 Å². The first kappa shape index (κ1) is 12.5. The molecule has 4 heteroatoms. The summed E-state index contributed by atoms with van der Waals surface area (Å²) in [6.45, 7) is 4.00. The topological polar surface area (TPSA) is 0 Å². The zero-order valence-electron chi connectivity index (χ0n) is 7.32. The van der Waals surface area contributed by atoms with Crippen LogP contribution in [0, 0.1) is 0 Å². The van der Waals surface area contributed by atoms with Crippen LogP contribution in [0.1, 0.15) is 19.4 Å². The Morgan fingerprint density at radius 1 is 1.00 bits per heavy atom. The second-order valence-corrected chi connectivity index (χ2v) is 2.92. The summed E-state index contributed by atoms with van der Waals surface area (Å²) >= 11 is 3.04. The van der Waals surface area contributed by atoms with Gasteiger partial charge in [-0.15, -0.1) is 0 Å². The molecule has 0 aromatic heterocycles. The molecule has 0 spiro atoms. The lowest BCUT2D eigenvalue weighted by molar-refractivity contribution is -0.137. The Kier molecular flexibility index (Phi) is 5.06. The standard InChI is InChI=1S/C7H4BrF3.C2H6/c8-6-3-1-5(2-4-6)7(9,10)11;1-2/h1-4H;1-2H3. The van der Waals surface area contributed by atoms with Gasteiger partial charge in [0.2, 0.25) is 0 Å². The van der Waals surface area contributed by atoms with E-state index in [1.807, 2.05) is 13.8 Å². The average Bonchev–Trinajstić information content (AvgIpc) is 2.07. The molecule has 0 fully saturated rings. The van der Waals surface area contributed by atoms with E-state index >= 15 is 0 Å². The summed E-state index contributed by atoms with van der Waals surface area (Å²) in [7, 11) is 0. The Bertz CT molecular complexity index is 238. The highest BCUT2D eigenvalue weighted by Crippen LogP contribution is 2.29. The zero-order valence-corrected chi connectivity index (χ0v) is 8.91. The monoisotopic (exact) mass is 254 g/mol. The Hall–Kier alpha value is -0.510. The van der Waals surface area contributed by atoms with Crippen molar-refractivity contribution < 1.29 is 13.2 Å². The molecule has 0 aliphatic rings. The van der Waals surface area contributed by atoms with Gasteiger partial charge in [-0.3, -0.25) is 0 Å². The lowest BCUT2D eigenvalue weighted by atomic mass is 10.2. The van der Waals surface area contributed by atoms with Gasteiger partial charge < -0.3 is 0 Å². The largest absolute Gasteiger partial charge is 0.416 e. The van der Waals surface area contributed by atoms with Crippen LogP contribution in [-0.2, 0) is 6.18 Å². The predicted octanol–water partition coefficient (Wildman–Crippen LogP) is 4.49. The molecule has 0 bridgehead atoms. The van der Waals surface area contributed by atoms with Crippen molar-refractivity contribution in [2.45, 2.75) is 20.0 Å². The number of hydrogen-bond acceptors (Lipinski definition) is 0. The van der Waals surface area contributed by atoms with E-state index in [1.165, 1.54) is 12.1 Å². The quantitative estimate of drug-likeness (QED) is 0.640. The zero-order chi connectivity index (χ0) is 10.5. The van der Waals surface area contributed by atoms with Crippen molar-refractivity contribution in [1.29, 1.82) is 0 Å². The van der Waals surface area contributed by atoms with Gasteiger partial charge in [-0.1, -0.05) is 29.8 Å². The summed E-state index contributed by atoms with van der Waals surface area (Å²) in [4.78, 5) is 0. The highest BCUT2D eigenvalue weighted by atomic mass is 79.9. The SMILES string of the molecule is CC.FC(F)(F)c1ccc(Br)cc1. The van der Waals surface area contributed by atoms with Crippen LogP contribution >= 0.6 is 15.9 Å². The number of benzene rings is 1. The fourth-order valence-corrected chi connectivity index (χ4v) is 0.903. The Morgan fingerprint density at radius 2 is 1.38 bits per heavy atom. The van der Waals surface area contributed by atoms with E-state index in [-0.39, 0.29) is 0 Å². The molecule has 0 saturated carbocycles. The molecule has 1 aromatic rings. The van der Waals surface area contributed by atoms with Gasteiger partial charge in [0.05, 0.1) is 5.56 Å². The van der Waals surface area contributed by atoms with Gasteiger partial charge in [-0.2, -0.15) is 13.2 Å². The summed E-state index contributed by atoms with van der Waals surface area (Å²) in [6.07, 6.45) is -4.24. The van der Waals surface area contributed by atoms with Crippen molar-refractivity contribution in [2.24, 2.45) is 0 Å². The molecule has 0 radical (unpaired) electrons. The first-order valence-corrected chi connectivity index (χ1v) is 4.62. The summed E-state index contributed by atoms with van der Waals surface area (Å²) in [5.41, 5.74) is -0.624. The molecule has 0 amide bonds. The van der Waals surface area contributed by atoms with Gasteiger partial charge in [-0.05, 0) is 24.3 Å². The van der Waals surface area contributed by atoms with Crippen molar-refractivity contribution in [3.8, 4) is 0 Å². The molecule has 0 aliphatic carbocycles. The van der Waals surface area contributed by atoms with Crippen LogP contribution in [0.5, 0.6) is 0 Å². The van der Waals surface area contributed by atoms with Crippen molar-refractivity contribution >= 4 is 15.9 Å². The minimum absolute atomic E-state index is 0.624. The van der Waals surface area contributed by atoms with Gasteiger partial charge in [0, 0.05) is 4.47 Å². The summed E-state index contributed by atoms with van der Waals surface area (Å²) in [6, 6.07) is 4.79. The number of halogens is 4. The van der Waals surface area contributed by atoms with Crippen LogP contribution < -0.4 is 0 Å². The smallest absolute Gasteiger partial charge is 0.166 e. The van der Waals surface area contributed by atoms with E-state index in [0.717, 1.165) is 12.1 Å². The molecule has 0 nitrogen and oxygen atoms in total. The van der Waals surface area contributed by atoms with E-state index in [9.17, 15) is 13.2 Å². The van der Waals surface area contributed by atoms with Crippen LogP contribution in [0.2, 0.25) is 0 Å². The number of alkyl halides is 3. The fraction of sp³-hybridized carbons (Fsp3) is 0.333. The molecule has 0 unspecified atom stereocenters. The molecule has 0 heterocycles. The molecule has 1 rings (SSSR count). The lowest BCUT2D eigenvalue weighted by Gasteiger charge is -2.04. The first-order valence-electron chi connectivity index (χ1n) is 3.83.